The number of rotatable bonds is 5. The molecule has 4 heteroatoms. The van der Waals surface area contributed by atoms with Gasteiger partial charge in [0, 0.05) is 0 Å². The normalized spacial score (nSPS) is 45.9. The van der Waals surface area contributed by atoms with Crippen molar-refractivity contribution in [2.24, 2.45) is 0 Å². The Hall–Kier alpha value is -0.160. The van der Waals surface area contributed by atoms with Crippen LogP contribution in [0.3, 0.4) is 0 Å². The molecule has 0 radical (unpaired) electrons. The summed E-state index contributed by atoms with van der Waals surface area (Å²) in [5.74, 6) is 0. The van der Waals surface area contributed by atoms with E-state index in [0.717, 1.165) is 0 Å². The highest BCUT2D eigenvalue weighted by Gasteiger charge is 2.62. The average Bonchev–Trinajstić information content (AvgIpc) is 2.64. The molecule has 0 spiro atoms. The number of ether oxygens (including phenoxy) is 4. The fourth-order valence-electron chi connectivity index (χ4n) is 2.41. The second-order valence-electron chi connectivity index (χ2n) is 5.42. The molecule has 0 N–H and O–H groups in total. The lowest BCUT2D eigenvalue weighted by atomic mass is 9.94. The maximum atomic E-state index is 7.91. The molecule has 0 aromatic rings. The van der Waals surface area contributed by atoms with Crippen molar-refractivity contribution in [3.63, 3.8) is 0 Å². The third kappa shape index (κ3) is 2.36. The summed E-state index contributed by atoms with van der Waals surface area (Å²) >= 11 is 0. The van der Waals surface area contributed by atoms with Gasteiger partial charge in [-0.15, -0.1) is 0 Å². The van der Waals surface area contributed by atoms with E-state index in [0.29, 0.717) is 6.61 Å². The Morgan fingerprint density at radius 3 is 2.65 bits per heavy atom. The Kier molecular flexibility index (Phi) is 3.39. The van der Waals surface area contributed by atoms with Gasteiger partial charge in [-0.3, -0.25) is 0 Å². The van der Waals surface area contributed by atoms with Gasteiger partial charge in [0.1, 0.15) is 17.8 Å². The molecule has 0 aromatic heterocycles. The minimum Gasteiger partial charge on any atom is -0.376 e. The fourth-order valence-corrected chi connectivity index (χ4v) is 2.41. The fraction of sp³-hybridized carbons (Fsp3) is 1.00. The first-order valence-corrected chi connectivity index (χ1v) is 6.39. The molecule has 0 unspecified atom stereocenters. The second-order valence-corrected chi connectivity index (χ2v) is 5.42. The van der Waals surface area contributed by atoms with Crippen LogP contribution in [0.4, 0.5) is 0 Å². The van der Waals surface area contributed by atoms with E-state index in [1.54, 1.807) is 0 Å². The molecule has 0 aromatic carbocycles. The van der Waals surface area contributed by atoms with Gasteiger partial charge >= 0.3 is 0 Å². The highest BCUT2D eigenvalue weighted by atomic mass is 16.7. The quantitative estimate of drug-likeness (QED) is 0.740. The van der Waals surface area contributed by atoms with Crippen LogP contribution in [0.1, 0.15) is 36.0 Å². The van der Waals surface area contributed by atoms with Crippen molar-refractivity contribution >= 4 is 0 Å². The van der Waals surface area contributed by atoms with Crippen LogP contribution in [0.2, 0.25) is 0 Å². The minimum atomic E-state index is -0.680. The van der Waals surface area contributed by atoms with Crippen molar-refractivity contribution in [2.45, 2.75) is 70.7 Å². The molecular weight excluding hydrogens is 220 g/mol. The van der Waals surface area contributed by atoms with Crippen LogP contribution in [-0.2, 0) is 18.9 Å². The SMILES string of the molecule is [3H][C@@H]1O[C@@]2(COC(C)C)[C@H](C)O[C@@H]1[C@@H]2OC(C)C. The molecule has 2 aliphatic heterocycles. The molecule has 2 rings (SSSR count). The molecule has 2 heterocycles. The molecule has 2 bridgehead atoms. The highest BCUT2D eigenvalue weighted by Crippen LogP contribution is 2.43. The predicted molar refractivity (Wildman–Crippen MR) is 64.1 cm³/mol. The van der Waals surface area contributed by atoms with E-state index in [4.69, 9.17) is 20.3 Å². The molecule has 4 nitrogen and oxygen atoms in total. The summed E-state index contributed by atoms with van der Waals surface area (Å²) in [5.41, 5.74) is -0.633. The van der Waals surface area contributed by atoms with Gasteiger partial charge in [-0.2, -0.15) is 0 Å². The van der Waals surface area contributed by atoms with Crippen LogP contribution in [0.5, 0.6) is 0 Å². The molecular formula is C13H24O4. The third-order valence-electron chi connectivity index (χ3n) is 3.31. The Balaban J connectivity index is 2.16. The van der Waals surface area contributed by atoms with E-state index in [-0.39, 0.29) is 30.5 Å². The van der Waals surface area contributed by atoms with E-state index >= 15 is 0 Å². The van der Waals surface area contributed by atoms with E-state index in [1.165, 1.54) is 0 Å². The van der Waals surface area contributed by atoms with E-state index in [9.17, 15) is 0 Å². The van der Waals surface area contributed by atoms with Gasteiger partial charge in [0.25, 0.3) is 0 Å². The zero-order chi connectivity index (χ0) is 13.5. The molecule has 0 aliphatic carbocycles. The third-order valence-corrected chi connectivity index (χ3v) is 3.31. The molecule has 2 saturated heterocycles. The summed E-state index contributed by atoms with van der Waals surface area (Å²) in [5, 5.41) is 0. The largest absolute Gasteiger partial charge is 0.376 e. The first kappa shape index (κ1) is 11.9. The maximum absolute atomic E-state index is 7.91. The maximum Gasteiger partial charge on any atom is 0.146 e. The summed E-state index contributed by atoms with van der Waals surface area (Å²) in [6.45, 7) is 9.64. The van der Waals surface area contributed by atoms with E-state index in [1.807, 2.05) is 34.6 Å². The topological polar surface area (TPSA) is 36.9 Å². The molecule has 5 atom stereocenters. The summed E-state index contributed by atoms with van der Waals surface area (Å²) in [4.78, 5) is 0. The van der Waals surface area contributed by atoms with Crippen LogP contribution in [0.25, 0.3) is 0 Å². The number of hydrogen-bond donors (Lipinski definition) is 0. The zero-order valence-corrected chi connectivity index (χ0v) is 11.3. The van der Waals surface area contributed by atoms with Crippen molar-refractivity contribution in [2.75, 3.05) is 13.2 Å². The van der Waals surface area contributed by atoms with Crippen molar-refractivity contribution in [1.82, 2.24) is 0 Å². The lowest BCUT2D eigenvalue weighted by molar-refractivity contribution is -0.180. The molecule has 100 valence electrons. The van der Waals surface area contributed by atoms with Crippen LogP contribution in [0.15, 0.2) is 0 Å². The summed E-state index contributed by atoms with van der Waals surface area (Å²) in [7, 11) is 0. The van der Waals surface area contributed by atoms with Crippen molar-refractivity contribution in [3.05, 3.63) is 0 Å². The Morgan fingerprint density at radius 2 is 2.06 bits per heavy atom. The second kappa shape index (κ2) is 4.84. The van der Waals surface area contributed by atoms with Crippen molar-refractivity contribution in [1.29, 1.82) is 0 Å². The summed E-state index contributed by atoms with van der Waals surface area (Å²) < 4.78 is 31.2. The van der Waals surface area contributed by atoms with Gasteiger partial charge in [0.2, 0.25) is 0 Å². The van der Waals surface area contributed by atoms with Gasteiger partial charge in [-0.05, 0) is 34.6 Å². The van der Waals surface area contributed by atoms with Crippen LogP contribution in [0, 0.1) is 0 Å². The molecule has 0 saturated carbocycles. The highest BCUT2D eigenvalue weighted by molar-refractivity contribution is 5.09. The first-order chi connectivity index (χ1) is 8.36. The Morgan fingerprint density at radius 1 is 1.35 bits per heavy atom. The van der Waals surface area contributed by atoms with Crippen molar-refractivity contribution < 1.29 is 20.3 Å². The van der Waals surface area contributed by atoms with Crippen molar-refractivity contribution in [3.8, 4) is 0 Å². The van der Waals surface area contributed by atoms with Gasteiger partial charge in [-0.25, -0.2) is 0 Å². The van der Waals surface area contributed by atoms with E-state index < -0.39 is 12.2 Å². The van der Waals surface area contributed by atoms with E-state index in [2.05, 4.69) is 0 Å². The van der Waals surface area contributed by atoms with Gasteiger partial charge in [0.05, 0.1) is 32.9 Å². The smallest absolute Gasteiger partial charge is 0.146 e. The van der Waals surface area contributed by atoms with Gasteiger partial charge in [-0.1, -0.05) is 0 Å². The molecule has 2 aliphatic rings. The Labute approximate surface area is 105 Å². The average molecular weight is 246 g/mol. The Bertz CT molecular complexity index is 297. The summed E-state index contributed by atoms with van der Waals surface area (Å²) in [6.07, 6.45) is -0.420. The molecule has 2 fully saturated rings. The summed E-state index contributed by atoms with van der Waals surface area (Å²) in [6, 6.07) is 0. The lowest BCUT2D eigenvalue weighted by Crippen LogP contribution is -2.51. The molecule has 0 amide bonds. The standard InChI is InChI=1S/C13H24O4/c1-8(2)14-7-13-10(5)17-11(6-15-13)12(13)16-9(3)4/h8-12H,6-7H2,1-5H3/t10-,11-,12-,13-/m0/s1/i6T/t6-,10-,11-,12-,13-. The van der Waals surface area contributed by atoms with Gasteiger partial charge < -0.3 is 18.9 Å². The van der Waals surface area contributed by atoms with Crippen LogP contribution in [-0.4, -0.2) is 49.3 Å². The lowest BCUT2D eigenvalue weighted by Gasteiger charge is -2.34. The minimum absolute atomic E-state index is 0.0822. The first-order valence-electron chi connectivity index (χ1n) is 6.97. The van der Waals surface area contributed by atoms with Gasteiger partial charge in [0.15, 0.2) is 0 Å². The number of fused-ring (bicyclic) bond motifs is 2. The zero-order valence-electron chi connectivity index (χ0n) is 12.3. The molecule has 17 heavy (non-hydrogen) atoms. The monoisotopic (exact) mass is 246 g/mol. The van der Waals surface area contributed by atoms with Crippen LogP contribution >= 0.6 is 0 Å². The van der Waals surface area contributed by atoms with Crippen LogP contribution < -0.4 is 0 Å². The predicted octanol–water partition coefficient (Wildman–Crippen LogP) is 1.76. The number of hydrogen-bond acceptors (Lipinski definition) is 4.